The highest BCUT2D eigenvalue weighted by Gasteiger charge is 2.22. The summed E-state index contributed by atoms with van der Waals surface area (Å²) in [5.74, 6) is -0.268. The topological polar surface area (TPSA) is 37.3 Å². The minimum Gasteiger partial charge on any atom is -0.392 e. The molecule has 1 N–H and O–H groups in total. The van der Waals surface area contributed by atoms with E-state index in [1.807, 2.05) is 37.3 Å². The molecular weight excluding hydrogens is 236 g/mol. The van der Waals surface area contributed by atoms with E-state index in [-0.39, 0.29) is 11.7 Å². The predicted molar refractivity (Wildman–Crippen MR) is 79.3 cm³/mol. The van der Waals surface area contributed by atoms with Gasteiger partial charge in [-0.25, -0.2) is 0 Å². The summed E-state index contributed by atoms with van der Waals surface area (Å²) in [4.78, 5) is 12.2. The lowest BCUT2D eigenvalue weighted by Gasteiger charge is -2.17. The maximum Gasteiger partial charge on any atom is 0.168 e. The van der Waals surface area contributed by atoms with Gasteiger partial charge in [0.2, 0.25) is 0 Å². The molecular formula is C17H26O2. The summed E-state index contributed by atoms with van der Waals surface area (Å²) in [6.07, 6.45) is 6.08. The lowest BCUT2D eigenvalue weighted by atomic mass is 9.91. The van der Waals surface area contributed by atoms with Crippen LogP contribution in [0.5, 0.6) is 0 Å². The van der Waals surface area contributed by atoms with Crippen molar-refractivity contribution in [1.29, 1.82) is 0 Å². The van der Waals surface area contributed by atoms with Crippen LogP contribution in [0.15, 0.2) is 30.3 Å². The van der Waals surface area contributed by atoms with Gasteiger partial charge in [0.05, 0.1) is 6.10 Å². The quantitative estimate of drug-likeness (QED) is 0.534. The van der Waals surface area contributed by atoms with Crippen LogP contribution >= 0.6 is 0 Å². The Hall–Kier alpha value is -1.15. The third kappa shape index (κ3) is 5.56. The first kappa shape index (κ1) is 15.9. The van der Waals surface area contributed by atoms with E-state index >= 15 is 0 Å². The molecule has 0 heterocycles. The molecule has 19 heavy (non-hydrogen) atoms. The van der Waals surface area contributed by atoms with Crippen molar-refractivity contribution < 1.29 is 9.90 Å². The lowest BCUT2D eigenvalue weighted by Crippen LogP contribution is -2.25. The summed E-state index contributed by atoms with van der Waals surface area (Å²) in [5.41, 5.74) is 0.694. The number of Topliss-reactive ketones (excluding diaryl/α,β-unsaturated/α-hetero) is 1. The number of carbonyl (C=O) groups excluding carboxylic acids is 1. The van der Waals surface area contributed by atoms with Crippen LogP contribution in [0.4, 0.5) is 0 Å². The molecule has 2 nitrogen and oxygen atoms in total. The maximum atomic E-state index is 12.2. The van der Waals surface area contributed by atoms with Gasteiger partial charge < -0.3 is 5.11 Å². The molecule has 2 heteroatoms. The molecule has 0 radical (unpaired) electrons. The number of aliphatic hydroxyl groups excluding tert-OH is 1. The van der Waals surface area contributed by atoms with E-state index in [1.54, 1.807) is 0 Å². The van der Waals surface area contributed by atoms with Crippen LogP contribution in [0.2, 0.25) is 0 Å². The Morgan fingerprint density at radius 3 is 2.37 bits per heavy atom. The highest BCUT2D eigenvalue weighted by Crippen LogP contribution is 2.17. The van der Waals surface area contributed by atoms with Gasteiger partial charge in [0.15, 0.2) is 5.78 Å². The highest BCUT2D eigenvalue weighted by atomic mass is 16.3. The molecule has 2 atom stereocenters. The summed E-state index contributed by atoms with van der Waals surface area (Å²) in [6, 6.07) is 9.24. The van der Waals surface area contributed by atoms with Crippen molar-refractivity contribution in [3.63, 3.8) is 0 Å². The monoisotopic (exact) mass is 262 g/mol. The van der Waals surface area contributed by atoms with Gasteiger partial charge in [-0.3, -0.25) is 4.79 Å². The molecule has 0 fully saturated rings. The standard InChI is InChI=1S/C17H26O2/c1-3-4-5-6-10-13-16(18)14(2)17(19)15-11-8-7-9-12-15/h7-9,11-12,14,16,18H,3-6,10,13H2,1-2H3. The number of carbonyl (C=O) groups is 1. The van der Waals surface area contributed by atoms with Gasteiger partial charge >= 0.3 is 0 Å². The van der Waals surface area contributed by atoms with Crippen molar-refractivity contribution in [2.75, 3.05) is 0 Å². The Labute approximate surface area is 116 Å². The molecule has 1 aromatic rings. The molecule has 106 valence electrons. The molecule has 0 saturated heterocycles. The van der Waals surface area contributed by atoms with E-state index < -0.39 is 6.10 Å². The third-order valence-corrected chi connectivity index (χ3v) is 3.65. The van der Waals surface area contributed by atoms with Gasteiger partial charge in [-0.1, -0.05) is 76.3 Å². The molecule has 0 amide bonds. The van der Waals surface area contributed by atoms with E-state index in [2.05, 4.69) is 6.92 Å². The minimum absolute atomic E-state index is 0.0432. The third-order valence-electron chi connectivity index (χ3n) is 3.65. The first-order chi connectivity index (χ1) is 9.16. The lowest BCUT2D eigenvalue weighted by molar-refractivity contribution is 0.0683. The summed E-state index contributed by atoms with van der Waals surface area (Å²) in [5, 5.41) is 10.1. The zero-order valence-electron chi connectivity index (χ0n) is 12.1. The maximum absolute atomic E-state index is 12.2. The number of unbranched alkanes of at least 4 members (excludes halogenated alkanes) is 4. The fraction of sp³-hybridized carbons (Fsp3) is 0.588. The van der Waals surface area contributed by atoms with Gasteiger partial charge in [0.1, 0.15) is 0 Å². The molecule has 0 aliphatic carbocycles. The highest BCUT2D eigenvalue weighted by molar-refractivity contribution is 5.97. The Morgan fingerprint density at radius 1 is 1.11 bits per heavy atom. The van der Waals surface area contributed by atoms with Gasteiger partial charge in [-0.05, 0) is 6.42 Å². The number of rotatable bonds is 9. The number of hydrogen-bond acceptors (Lipinski definition) is 2. The van der Waals surface area contributed by atoms with Gasteiger partial charge in [0, 0.05) is 11.5 Å². The van der Waals surface area contributed by atoms with Crippen molar-refractivity contribution >= 4 is 5.78 Å². The van der Waals surface area contributed by atoms with E-state index in [0.29, 0.717) is 5.56 Å². The Balaban J connectivity index is 2.35. The molecule has 2 unspecified atom stereocenters. The Kier molecular flexibility index (Phi) is 7.42. The van der Waals surface area contributed by atoms with Gasteiger partial charge in [-0.2, -0.15) is 0 Å². The minimum atomic E-state index is -0.519. The number of ketones is 1. The summed E-state index contributed by atoms with van der Waals surface area (Å²) >= 11 is 0. The van der Waals surface area contributed by atoms with E-state index in [4.69, 9.17) is 0 Å². The van der Waals surface area contributed by atoms with E-state index in [9.17, 15) is 9.90 Å². The second kappa shape index (κ2) is 8.87. The van der Waals surface area contributed by atoms with Gasteiger partial charge in [0.25, 0.3) is 0 Å². The zero-order chi connectivity index (χ0) is 14.1. The second-order valence-electron chi connectivity index (χ2n) is 5.29. The number of aliphatic hydroxyl groups is 1. The van der Waals surface area contributed by atoms with E-state index in [0.717, 1.165) is 19.3 Å². The van der Waals surface area contributed by atoms with Crippen molar-refractivity contribution in [2.45, 2.75) is 58.5 Å². The average Bonchev–Trinajstić information content (AvgIpc) is 2.46. The van der Waals surface area contributed by atoms with Crippen LogP contribution < -0.4 is 0 Å². The molecule has 0 aliphatic heterocycles. The van der Waals surface area contributed by atoms with E-state index in [1.165, 1.54) is 19.3 Å². The SMILES string of the molecule is CCCCCCCC(O)C(C)C(=O)c1ccccc1. The fourth-order valence-electron chi connectivity index (χ4n) is 2.25. The van der Waals surface area contributed by atoms with Crippen molar-refractivity contribution in [2.24, 2.45) is 5.92 Å². The van der Waals surface area contributed by atoms with Crippen LogP contribution in [-0.2, 0) is 0 Å². The van der Waals surface area contributed by atoms with Crippen LogP contribution in [0.3, 0.4) is 0 Å². The molecule has 0 aliphatic rings. The Bertz CT molecular complexity index is 359. The first-order valence-electron chi connectivity index (χ1n) is 7.44. The molecule has 1 aromatic carbocycles. The Morgan fingerprint density at radius 2 is 1.74 bits per heavy atom. The van der Waals surface area contributed by atoms with Crippen LogP contribution in [0, 0.1) is 5.92 Å². The molecule has 0 aromatic heterocycles. The smallest absolute Gasteiger partial charge is 0.168 e. The largest absolute Gasteiger partial charge is 0.392 e. The summed E-state index contributed by atoms with van der Waals surface area (Å²) in [7, 11) is 0. The van der Waals surface area contributed by atoms with Crippen molar-refractivity contribution in [1.82, 2.24) is 0 Å². The van der Waals surface area contributed by atoms with Gasteiger partial charge in [-0.15, -0.1) is 0 Å². The second-order valence-corrected chi connectivity index (χ2v) is 5.29. The van der Waals surface area contributed by atoms with Crippen molar-refractivity contribution in [3.8, 4) is 0 Å². The molecule has 1 rings (SSSR count). The number of benzene rings is 1. The van der Waals surface area contributed by atoms with Crippen LogP contribution in [0.25, 0.3) is 0 Å². The fourth-order valence-corrected chi connectivity index (χ4v) is 2.25. The molecule has 0 saturated carbocycles. The van der Waals surface area contributed by atoms with Crippen LogP contribution in [0.1, 0.15) is 62.7 Å². The zero-order valence-corrected chi connectivity index (χ0v) is 12.1. The first-order valence-corrected chi connectivity index (χ1v) is 7.44. The normalized spacial score (nSPS) is 14.1. The number of hydrogen-bond donors (Lipinski definition) is 1. The molecule has 0 bridgehead atoms. The molecule has 0 spiro atoms. The summed E-state index contributed by atoms with van der Waals surface area (Å²) in [6.45, 7) is 4.02. The average molecular weight is 262 g/mol. The van der Waals surface area contributed by atoms with Crippen LogP contribution in [-0.4, -0.2) is 17.0 Å². The summed E-state index contributed by atoms with van der Waals surface area (Å²) < 4.78 is 0. The van der Waals surface area contributed by atoms with Crippen molar-refractivity contribution in [3.05, 3.63) is 35.9 Å². The predicted octanol–water partition coefficient (Wildman–Crippen LogP) is 4.23.